The van der Waals surface area contributed by atoms with Crippen LogP contribution in [0.3, 0.4) is 0 Å². The van der Waals surface area contributed by atoms with E-state index in [1.807, 2.05) is 0 Å². The Bertz CT molecular complexity index is 679. The smallest absolute Gasteiger partial charge is 0.239 e. The van der Waals surface area contributed by atoms with Crippen LogP contribution in [0.5, 0.6) is 0 Å². The van der Waals surface area contributed by atoms with Gasteiger partial charge in [-0.2, -0.15) is 0 Å². The fourth-order valence-corrected chi connectivity index (χ4v) is 2.64. The van der Waals surface area contributed by atoms with Gasteiger partial charge in [-0.1, -0.05) is 24.1 Å². The summed E-state index contributed by atoms with van der Waals surface area (Å²) in [6, 6.07) is 8.10. The van der Waals surface area contributed by atoms with E-state index in [4.69, 9.17) is 6.42 Å². The van der Waals surface area contributed by atoms with E-state index in [9.17, 15) is 8.42 Å². The molecule has 4 nitrogen and oxygen atoms in total. The predicted octanol–water partition coefficient (Wildman–Crippen LogP) is 1.53. The van der Waals surface area contributed by atoms with Gasteiger partial charge in [-0.05, 0) is 19.1 Å². The van der Waals surface area contributed by atoms with Gasteiger partial charge in [0, 0.05) is 0 Å². The van der Waals surface area contributed by atoms with Crippen molar-refractivity contribution in [3.63, 3.8) is 0 Å². The second-order valence-corrected chi connectivity index (χ2v) is 5.33. The zero-order chi connectivity index (χ0) is 12.5. The van der Waals surface area contributed by atoms with Crippen LogP contribution in [0.15, 0.2) is 40.4 Å². The second-order valence-electron chi connectivity index (χ2n) is 3.46. The standard InChI is InChI=1S/C12H10N2O2S/c1-3-11-9(2)13-12(14-11)17(15,16)10-7-5-4-6-8-10/h1,4-8H,2H3,(H,13,14). The van der Waals surface area contributed by atoms with Gasteiger partial charge in [0.25, 0.3) is 0 Å². The monoisotopic (exact) mass is 246 g/mol. The molecule has 0 amide bonds. The maximum absolute atomic E-state index is 12.2. The van der Waals surface area contributed by atoms with E-state index in [2.05, 4.69) is 15.9 Å². The third-order valence-corrected chi connectivity index (χ3v) is 3.91. The van der Waals surface area contributed by atoms with E-state index in [1.165, 1.54) is 12.1 Å². The molecule has 2 aromatic rings. The number of nitrogens with one attached hydrogen (secondary N) is 1. The Morgan fingerprint density at radius 1 is 1.29 bits per heavy atom. The lowest BCUT2D eigenvalue weighted by atomic mass is 10.4. The zero-order valence-electron chi connectivity index (χ0n) is 9.14. The van der Waals surface area contributed by atoms with Crippen molar-refractivity contribution in [2.24, 2.45) is 0 Å². The summed E-state index contributed by atoms with van der Waals surface area (Å²) >= 11 is 0. The summed E-state index contributed by atoms with van der Waals surface area (Å²) in [5.74, 6) is 2.36. The molecule has 0 radical (unpaired) electrons. The second kappa shape index (κ2) is 4.07. The van der Waals surface area contributed by atoms with Gasteiger partial charge in [0.2, 0.25) is 15.0 Å². The Balaban J connectivity index is 2.57. The Kier molecular flexibility index (Phi) is 2.74. The highest BCUT2D eigenvalue weighted by Gasteiger charge is 2.21. The van der Waals surface area contributed by atoms with Crippen molar-refractivity contribution >= 4 is 9.84 Å². The number of sulfone groups is 1. The molecular formula is C12H10N2O2S. The minimum atomic E-state index is -3.61. The molecule has 2 rings (SSSR count). The number of aromatic amines is 1. The highest BCUT2D eigenvalue weighted by Crippen LogP contribution is 2.18. The van der Waals surface area contributed by atoms with Crippen LogP contribution in [0.4, 0.5) is 0 Å². The number of benzene rings is 1. The van der Waals surface area contributed by atoms with Crippen molar-refractivity contribution < 1.29 is 8.42 Å². The first-order chi connectivity index (χ1) is 8.05. The number of aryl methyl sites for hydroxylation is 1. The lowest BCUT2D eigenvalue weighted by molar-refractivity contribution is 0.588. The van der Waals surface area contributed by atoms with Crippen molar-refractivity contribution in [2.75, 3.05) is 0 Å². The molecule has 0 spiro atoms. The van der Waals surface area contributed by atoms with Crippen LogP contribution in [0.1, 0.15) is 11.4 Å². The average molecular weight is 246 g/mol. The molecule has 1 heterocycles. The first kappa shape index (κ1) is 11.4. The molecule has 86 valence electrons. The molecule has 1 aromatic carbocycles. The molecule has 1 aromatic heterocycles. The number of terminal acetylenes is 1. The van der Waals surface area contributed by atoms with Gasteiger partial charge in [-0.25, -0.2) is 13.4 Å². The normalized spacial score (nSPS) is 11.1. The van der Waals surface area contributed by atoms with Crippen LogP contribution in [0, 0.1) is 19.3 Å². The molecular weight excluding hydrogens is 236 g/mol. The van der Waals surface area contributed by atoms with Crippen molar-refractivity contribution in [1.82, 2.24) is 9.97 Å². The number of aromatic nitrogens is 2. The van der Waals surface area contributed by atoms with E-state index >= 15 is 0 Å². The number of rotatable bonds is 2. The van der Waals surface area contributed by atoms with Gasteiger partial charge in [-0.15, -0.1) is 6.42 Å². The Labute approximate surface area is 99.6 Å². The van der Waals surface area contributed by atoms with Crippen LogP contribution in [0.25, 0.3) is 0 Å². The lowest BCUT2D eigenvalue weighted by Crippen LogP contribution is -2.03. The first-order valence-electron chi connectivity index (χ1n) is 4.89. The summed E-state index contributed by atoms with van der Waals surface area (Å²) in [6.07, 6.45) is 5.23. The van der Waals surface area contributed by atoms with Crippen molar-refractivity contribution in [2.45, 2.75) is 17.0 Å². The van der Waals surface area contributed by atoms with Crippen LogP contribution < -0.4 is 0 Å². The number of H-pyrrole nitrogens is 1. The quantitative estimate of drug-likeness (QED) is 0.817. The summed E-state index contributed by atoms with van der Waals surface area (Å²) in [5.41, 5.74) is 0.890. The molecule has 0 aliphatic heterocycles. The van der Waals surface area contributed by atoms with Crippen LogP contribution in [-0.4, -0.2) is 18.4 Å². The average Bonchev–Trinajstić information content (AvgIpc) is 2.72. The molecule has 17 heavy (non-hydrogen) atoms. The molecule has 0 atom stereocenters. The Hall–Kier alpha value is -2.06. The SMILES string of the molecule is C#Cc1[nH]c(S(=O)(=O)c2ccccc2)nc1C. The first-order valence-corrected chi connectivity index (χ1v) is 6.37. The number of hydrogen-bond acceptors (Lipinski definition) is 3. The van der Waals surface area contributed by atoms with E-state index in [0.29, 0.717) is 11.4 Å². The molecule has 0 saturated carbocycles. The van der Waals surface area contributed by atoms with Crippen LogP contribution >= 0.6 is 0 Å². The molecule has 0 fully saturated rings. The summed E-state index contributed by atoms with van der Waals surface area (Å²) in [4.78, 5) is 6.77. The largest absolute Gasteiger partial charge is 0.322 e. The number of hydrogen-bond donors (Lipinski definition) is 1. The third kappa shape index (κ3) is 1.95. The third-order valence-electron chi connectivity index (χ3n) is 2.32. The summed E-state index contributed by atoms with van der Waals surface area (Å²) < 4.78 is 24.3. The number of nitrogens with zero attached hydrogens (tertiary/aromatic N) is 1. The highest BCUT2D eigenvalue weighted by atomic mass is 32.2. The van der Waals surface area contributed by atoms with E-state index in [1.54, 1.807) is 25.1 Å². The molecule has 0 saturated heterocycles. The zero-order valence-corrected chi connectivity index (χ0v) is 9.95. The lowest BCUT2D eigenvalue weighted by Gasteiger charge is -1.99. The molecule has 0 aliphatic rings. The fourth-order valence-electron chi connectivity index (χ4n) is 1.41. The molecule has 0 unspecified atom stereocenters. The van der Waals surface area contributed by atoms with Gasteiger partial charge in [0.15, 0.2) is 0 Å². The predicted molar refractivity (Wildman–Crippen MR) is 63.2 cm³/mol. The van der Waals surface area contributed by atoms with E-state index < -0.39 is 9.84 Å². The minimum Gasteiger partial charge on any atom is -0.322 e. The maximum Gasteiger partial charge on any atom is 0.239 e. The Morgan fingerprint density at radius 2 is 1.94 bits per heavy atom. The minimum absolute atomic E-state index is 0.117. The van der Waals surface area contributed by atoms with Gasteiger partial charge >= 0.3 is 0 Å². The maximum atomic E-state index is 12.2. The number of imidazole rings is 1. The van der Waals surface area contributed by atoms with Gasteiger partial charge in [-0.3, -0.25) is 0 Å². The van der Waals surface area contributed by atoms with Crippen molar-refractivity contribution in [1.29, 1.82) is 0 Å². The van der Waals surface area contributed by atoms with Gasteiger partial charge in [0.05, 0.1) is 10.6 Å². The molecule has 5 heteroatoms. The molecule has 0 aliphatic carbocycles. The van der Waals surface area contributed by atoms with Gasteiger partial charge < -0.3 is 4.98 Å². The van der Waals surface area contributed by atoms with Crippen LogP contribution in [0.2, 0.25) is 0 Å². The topological polar surface area (TPSA) is 62.8 Å². The van der Waals surface area contributed by atoms with E-state index in [-0.39, 0.29) is 10.1 Å². The molecule has 1 N–H and O–H groups in total. The summed E-state index contributed by atoms with van der Waals surface area (Å²) in [6.45, 7) is 1.66. The van der Waals surface area contributed by atoms with Crippen molar-refractivity contribution in [3.05, 3.63) is 41.7 Å². The van der Waals surface area contributed by atoms with E-state index in [0.717, 1.165) is 0 Å². The molecule has 0 bridgehead atoms. The fraction of sp³-hybridized carbons (Fsp3) is 0.0833. The Morgan fingerprint density at radius 3 is 2.47 bits per heavy atom. The summed E-state index contributed by atoms with van der Waals surface area (Å²) in [5, 5.41) is -0.117. The van der Waals surface area contributed by atoms with Crippen molar-refractivity contribution in [3.8, 4) is 12.3 Å². The van der Waals surface area contributed by atoms with Gasteiger partial charge in [0.1, 0.15) is 5.69 Å². The summed E-state index contributed by atoms with van der Waals surface area (Å²) in [7, 11) is -3.61. The highest BCUT2D eigenvalue weighted by molar-refractivity contribution is 7.91. The van der Waals surface area contributed by atoms with Crippen LogP contribution in [-0.2, 0) is 9.84 Å².